The number of nitrogen functional groups attached to an aromatic ring is 1. The molecule has 1 atom stereocenters. The number of hydrogen-bond acceptors (Lipinski definition) is 3. The molecular weight excluding hydrogens is 190 g/mol. The third-order valence-corrected chi connectivity index (χ3v) is 2.66. The van der Waals surface area contributed by atoms with Crippen molar-refractivity contribution in [3.05, 3.63) is 24.3 Å². The number of nitrogens with zero attached hydrogens (tertiary/aromatic N) is 1. The first-order chi connectivity index (χ1) is 7.16. The van der Waals surface area contributed by atoms with E-state index in [1.807, 2.05) is 31.3 Å². The Morgan fingerprint density at radius 1 is 1.53 bits per heavy atom. The highest BCUT2D eigenvalue weighted by molar-refractivity contribution is 5.86. The first kappa shape index (κ1) is 9.83. The SMILES string of the molecule is CN1CCC(Nc2cccc(N)c2)C1=O. The molecule has 1 fully saturated rings. The molecule has 2 rings (SSSR count). The monoisotopic (exact) mass is 205 g/mol. The Morgan fingerprint density at radius 3 is 2.93 bits per heavy atom. The molecule has 1 saturated heterocycles. The number of nitrogens with two attached hydrogens (primary N) is 1. The van der Waals surface area contributed by atoms with Crippen molar-refractivity contribution in [1.29, 1.82) is 0 Å². The maximum atomic E-state index is 11.6. The maximum absolute atomic E-state index is 11.6. The Bertz CT molecular complexity index is 378. The van der Waals surface area contributed by atoms with Gasteiger partial charge in [0, 0.05) is 25.0 Å². The van der Waals surface area contributed by atoms with Crippen LogP contribution >= 0.6 is 0 Å². The van der Waals surface area contributed by atoms with E-state index in [1.54, 1.807) is 4.90 Å². The predicted molar refractivity (Wildman–Crippen MR) is 60.5 cm³/mol. The number of anilines is 2. The summed E-state index contributed by atoms with van der Waals surface area (Å²) in [5.74, 6) is 0.150. The predicted octanol–water partition coefficient (Wildman–Crippen LogP) is 0.911. The van der Waals surface area contributed by atoms with Gasteiger partial charge in [0.1, 0.15) is 6.04 Å². The van der Waals surface area contributed by atoms with Gasteiger partial charge in [-0.15, -0.1) is 0 Å². The van der Waals surface area contributed by atoms with Crippen LogP contribution in [0.25, 0.3) is 0 Å². The van der Waals surface area contributed by atoms with Gasteiger partial charge in [0.15, 0.2) is 0 Å². The summed E-state index contributed by atoms with van der Waals surface area (Å²) in [5, 5.41) is 3.19. The van der Waals surface area contributed by atoms with Crippen LogP contribution in [0.4, 0.5) is 11.4 Å². The molecule has 1 unspecified atom stereocenters. The zero-order chi connectivity index (χ0) is 10.8. The molecule has 0 saturated carbocycles. The van der Waals surface area contributed by atoms with Crippen molar-refractivity contribution in [3.63, 3.8) is 0 Å². The number of rotatable bonds is 2. The third kappa shape index (κ3) is 2.03. The van der Waals surface area contributed by atoms with Crippen LogP contribution in [0.5, 0.6) is 0 Å². The minimum atomic E-state index is -0.100. The van der Waals surface area contributed by atoms with Crippen LogP contribution < -0.4 is 11.1 Å². The molecule has 3 N–H and O–H groups in total. The highest BCUT2D eigenvalue weighted by atomic mass is 16.2. The molecule has 1 aliphatic heterocycles. The summed E-state index contributed by atoms with van der Waals surface area (Å²) in [6, 6.07) is 7.36. The summed E-state index contributed by atoms with van der Waals surface area (Å²) in [6.45, 7) is 0.818. The van der Waals surface area contributed by atoms with Crippen LogP contribution in [0, 0.1) is 0 Å². The Balaban J connectivity index is 2.06. The second-order valence-corrected chi connectivity index (χ2v) is 3.87. The second-order valence-electron chi connectivity index (χ2n) is 3.87. The summed E-state index contributed by atoms with van der Waals surface area (Å²) in [5.41, 5.74) is 7.27. The van der Waals surface area contributed by atoms with Gasteiger partial charge in [-0.05, 0) is 24.6 Å². The van der Waals surface area contributed by atoms with E-state index < -0.39 is 0 Å². The van der Waals surface area contributed by atoms with Gasteiger partial charge in [-0.3, -0.25) is 4.79 Å². The van der Waals surface area contributed by atoms with E-state index in [-0.39, 0.29) is 11.9 Å². The molecule has 1 aromatic rings. The Labute approximate surface area is 89.1 Å². The smallest absolute Gasteiger partial charge is 0.244 e. The highest BCUT2D eigenvalue weighted by Crippen LogP contribution is 2.17. The van der Waals surface area contributed by atoms with E-state index >= 15 is 0 Å². The molecule has 0 radical (unpaired) electrons. The molecule has 1 heterocycles. The highest BCUT2D eigenvalue weighted by Gasteiger charge is 2.28. The summed E-state index contributed by atoms with van der Waals surface area (Å²) >= 11 is 0. The average molecular weight is 205 g/mol. The minimum absolute atomic E-state index is 0.100. The Morgan fingerprint density at radius 2 is 2.33 bits per heavy atom. The van der Waals surface area contributed by atoms with E-state index in [1.165, 1.54) is 0 Å². The lowest BCUT2D eigenvalue weighted by Gasteiger charge is -2.13. The van der Waals surface area contributed by atoms with Gasteiger partial charge in [0.2, 0.25) is 5.91 Å². The lowest BCUT2D eigenvalue weighted by molar-refractivity contribution is -0.127. The number of hydrogen-bond donors (Lipinski definition) is 2. The van der Waals surface area contributed by atoms with Crippen LogP contribution in [0.3, 0.4) is 0 Å². The standard InChI is InChI=1S/C11H15N3O/c1-14-6-5-10(11(14)15)13-9-4-2-3-8(12)7-9/h2-4,7,10,13H,5-6,12H2,1H3. The van der Waals surface area contributed by atoms with Crippen LogP contribution in [0.2, 0.25) is 0 Å². The summed E-state index contributed by atoms with van der Waals surface area (Å²) < 4.78 is 0. The van der Waals surface area contributed by atoms with Gasteiger partial charge in [-0.1, -0.05) is 6.07 Å². The van der Waals surface area contributed by atoms with Crippen molar-refractivity contribution in [2.75, 3.05) is 24.6 Å². The molecule has 4 heteroatoms. The van der Waals surface area contributed by atoms with Crippen LogP contribution in [-0.2, 0) is 4.79 Å². The normalized spacial score (nSPS) is 20.7. The van der Waals surface area contributed by atoms with E-state index in [0.717, 1.165) is 18.7 Å². The molecule has 4 nitrogen and oxygen atoms in total. The molecule has 0 spiro atoms. The first-order valence-corrected chi connectivity index (χ1v) is 5.04. The molecule has 1 aliphatic rings. The zero-order valence-corrected chi connectivity index (χ0v) is 8.73. The van der Waals surface area contributed by atoms with E-state index in [9.17, 15) is 4.79 Å². The maximum Gasteiger partial charge on any atom is 0.244 e. The number of amides is 1. The van der Waals surface area contributed by atoms with Gasteiger partial charge in [0.05, 0.1) is 0 Å². The van der Waals surface area contributed by atoms with Crippen molar-refractivity contribution in [2.45, 2.75) is 12.5 Å². The van der Waals surface area contributed by atoms with Gasteiger partial charge in [0.25, 0.3) is 0 Å². The fraction of sp³-hybridized carbons (Fsp3) is 0.364. The third-order valence-electron chi connectivity index (χ3n) is 2.66. The van der Waals surface area contributed by atoms with Crippen molar-refractivity contribution in [2.24, 2.45) is 0 Å². The van der Waals surface area contributed by atoms with Crippen molar-refractivity contribution in [3.8, 4) is 0 Å². The molecule has 0 aliphatic carbocycles. The number of nitrogens with one attached hydrogen (secondary N) is 1. The summed E-state index contributed by atoms with van der Waals surface area (Å²) in [7, 11) is 1.82. The van der Waals surface area contributed by atoms with E-state index in [2.05, 4.69) is 5.32 Å². The zero-order valence-electron chi connectivity index (χ0n) is 8.73. The lowest BCUT2D eigenvalue weighted by atomic mass is 10.2. The van der Waals surface area contributed by atoms with E-state index in [0.29, 0.717) is 5.69 Å². The van der Waals surface area contributed by atoms with Crippen molar-refractivity contribution >= 4 is 17.3 Å². The number of carbonyl (C=O) groups is 1. The van der Waals surface area contributed by atoms with Gasteiger partial charge in [-0.2, -0.15) is 0 Å². The van der Waals surface area contributed by atoms with Gasteiger partial charge < -0.3 is 16.0 Å². The molecular formula is C11H15N3O. The average Bonchev–Trinajstić information content (AvgIpc) is 2.50. The molecule has 1 amide bonds. The minimum Gasteiger partial charge on any atom is -0.399 e. The number of likely N-dealkylation sites (N-methyl/N-ethyl adjacent to an activating group) is 1. The van der Waals surface area contributed by atoms with Crippen LogP contribution in [0.1, 0.15) is 6.42 Å². The Kier molecular flexibility index (Phi) is 2.49. The number of likely N-dealkylation sites (tertiary alicyclic amines) is 1. The molecule has 80 valence electrons. The van der Waals surface area contributed by atoms with Gasteiger partial charge in [-0.25, -0.2) is 0 Å². The largest absolute Gasteiger partial charge is 0.399 e. The number of benzene rings is 1. The lowest BCUT2D eigenvalue weighted by Crippen LogP contribution is -2.30. The molecule has 15 heavy (non-hydrogen) atoms. The molecule has 0 bridgehead atoms. The summed E-state index contributed by atoms with van der Waals surface area (Å²) in [4.78, 5) is 13.4. The molecule has 0 aromatic heterocycles. The van der Waals surface area contributed by atoms with Crippen molar-refractivity contribution < 1.29 is 4.79 Å². The topological polar surface area (TPSA) is 58.4 Å². The first-order valence-electron chi connectivity index (χ1n) is 5.04. The van der Waals surface area contributed by atoms with Crippen LogP contribution in [-0.4, -0.2) is 30.4 Å². The fourth-order valence-corrected chi connectivity index (χ4v) is 1.79. The quantitative estimate of drug-likeness (QED) is 0.706. The van der Waals surface area contributed by atoms with Gasteiger partial charge >= 0.3 is 0 Å². The van der Waals surface area contributed by atoms with E-state index in [4.69, 9.17) is 5.73 Å². The van der Waals surface area contributed by atoms with Crippen molar-refractivity contribution in [1.82, 2.24) is 4.90 Å². The Hall–Kier alpha value is -1.71. The molecule has 1 aromatic carbocycles. The summed E-state index contributed by atoms with van der Waals surface area (Å²) in [6.07, 6.45) is 0.851. The fourth-order valence-electron chi connectivity index (χ4n) is 1.79. The second kappa shape index (κ2) is 3.81. The van der Waals surface area contributed by atoms with Crippen LogP contribution in [0.15, 0.2) is 24.3 Å². The number of carbonyl (C=O) groups excluding carboxylic acids is 1.